The molecule has 2 N–H and O–H groups in total. The van der Waals surface area contributed by atoms with Gasteiger partial charge in [-0.3, -0.25) is 20.4 Å². The van der Waals surface area contributed by atoms with Crippen LogP contribution in [0.2, 0.25) is 0 Å². The third-order valence-electron chi connectivity index (χ3n) is 5.52. The highest BCUT2D eigenvalue weighted by atomic mass is 19.1. The molecule has 136 valence electrons. The fourth-order valence-electron chi connectivity index (χ4n) is 3.93. The lowest BCUT2D eigenvalue weighted by Crippen LogP contribution is -2.39. The first-order valence-corrected chi connectivity index (χ1v) is 9.05. The number of hydrogen-bond acceptors (Lipinski definition) is 4. The summed E-state index contributed by atoms with van der Waals surface area (Å²) in [6.45, 7) is 4.87. The van der Waals surface area contributed by atoms with E-state index in [0.29, 0.717) is 18.4 Å². The van der Waals surface area contributed by atoms with Crippen LogP contribution < -0.4 is 10.9 Å². The average molecular weight is 347 g/mol. The molecule has 0 aliphatic carbocycles. The number of hydrazine groups is 1. The van der Waals surface area contributed by atoms with Gasteiger partial charge in [-0.25, -0.2) is 4.39 Å². The van der Waals surface area contributed by atoms with E-state index in [4.69, 9.17) is 0 Å². The van der Waals surface area contributed by atoms with Crippen molar-refractivity contribution >= 4 is 11.7 Å². The number of amides is 1. The molecule has 3 unspecified atom stereocenters. The van der Waals surface area contributed by atoms with Gasteiger partial charge in [-0.2, -0.15) is 0 Å². The van der Waals surface area contributed by atoms with E-state index in [2.05, 4.69) is 24.7 Å². The number of halogens is 1. The molecule has 2 heterocycles. The first-order valence-electron chi connectivity index (χ1n) is 9.05. The van der Waals surface area contributed by atoms with Gasteiger partial charge in [0.15, 0.2) is 5.78 Å². The van der Waals surface area contributed by atoms with Gasteiger partial charge in [-0.1, -0.05) is 0 Å². The van der Waals surface area contributed by atoms with E-state index in [9.17, 15) is 14.0 Å². The van der Waals surface area contributed by atoms with Gasteiger partial charge < -0.3 is 4.90 Å². The van der Waals surface area contributed by atoms with Crippen LogP contribution in [-0.4, -0.2) is 41.3 Å². The number of carbonyl (C=O) groups excluding carboxylic acids is 2. The van der Waals surface area contributed by atoms with Crippen LogP contribution in [0.15, 0.2) is 24.3 Å². The van der Waals surface area contributed by atoms with Crippen molar-refractivity contribution in [1.29, 1.82) is 0 Å². The van der Waals surface area contributed by atoms with E-state index in [1.165, 1.54) is 24.3 Å². The Kier molecular flexibility index (Phi) is 5.49. The lowest BCUT2D eigenvalue weighted by atomic mass is 9.92. The third-order valence-corrected chi connectivity index (χ3v) is 5.52. The summed E-state index contributed by atoms with van der Waals surface area (Å²) in [5.74, 6) is -0.00275. The average Bonchev–Trinajstić information content (AvgIpc) is 3.17. The van der Waals surface area contributed by atoms with Gasteiger partial charge in [0, 0.05) is 49.0 Å². The van der Waals surface area contributed by atoms with Crippen LogP contribution in [0.4, 0.5) is 4.39 Å². The first kappa shape index (κ1) is 18.0. The number of carbonyl (C=O) groups is 2. The number of hydrogen-bond donors (Lipinski definition) is 2. The highest BCUT2D eigenvalue weighted by molar-refractivity contribution is 5.96. The zero-order valence-corrected chi connectivity index (χ0v) is 14.8. The molecule has 0 saturated carbocycles. The number of nitrogens with zero attached hydrogens (tertiary/aromatic N) is 1. The molecule has 0 radical (unpaired) electrons. The Morgan fingerprint density at radius 2 is 1.76 bits per heavy atom. The fourth-order valence-corrected chi connectivity index (χ4v) is 3.93. The van der Waals surface area contributed by atoms with Gasteiger partial charge in [-0.15, -0.1) is 0 Å². The second-order valence-corrected chi connectivity index (χ2v) is 7.25. The van der Waals surface area contributed by atoms with Gasteiger partial charge >= 0.3 is 0 Å². The van der Waals surface area contributed by atoms with Crippen LogP contribution in [0, 0.1) is 11.7 Å². The maximum atomic E-state index is 13.0. The standard InChI is InChI=1S/C19H26FN3O2/c1-12-17(13(2)22-21-12)11-19(25)23-9-3-4-16(23)10-18(24)14-5-7-15(20)8-6-14/h5-8,12-13,16-17,21-22H,3-4,9-11H2,1-2H3. The summed E-state index contributed by atoms with van der Waals surface area (Å²) in [4.78, 5) is 27.1. The molecule has 2 saturated heterocycles. The normalized spacial score (nSPS) is 29.2. The second-order valence-electron chi connectivity index (χ2n) is 7.25. The molecule has 1 amide bonds. The first-order chi connectivity index (χ1) is 12.0. The molecular weight excluding hydrogens is 321 g/mol. The summed E-state index contributed by atoms with van der Waals surface area (Å²) in [7, 11) is 0. The highest BCUT2D eigenvalue weighted by Gasteiger charge is 2.36. The number of Topliss-reactive ketones (excluding diaryl/α,β-unsaturated/α-hetero) is 1. The third kappa shape index (κ3) is 4.07. The minimum absolute atomic E-state index is 0.0318. The van der Waals surface area contributed by atoms with Crippen LogP contribution >= 0.6 is 0 Å². The Labute approximate surface area is 147 Å². The maximum absolute atomic E-state index is 13.0. The Balaban J connectivity index is 1.61. The zero-order valence-electron chi connectivity index (χ0n) is 14.8. The Morgan fingerprint density at radius 3 is 2.40 bits per heavy atom. The predicted octanol–water partition coefficient (Wildman–Crippen LogP) is 2.28. The summed E-state index contributed by atoms with van der Waals surface area (Å²) < 4.78 is 13.0. The molecule has 3 rings (SSSR count). The maximum Gasteiger partial charge on any atom is 0.223 e. The predicted molar refractivity (Wildman–Crippen MR) is 93.4 cm³/mol. The van der Waals surface area contributed by atoms with E-state index in [-0.39, 0.29) is 41.6 Å². The van der Waals surface area contributed by atoms with Crippen LogP contribution in [0.1, 0.15) is 49.9 Å². The molecule has 25 heavy (non-hydrogen) atoms. The number of likely N-dealkylation sites (tertiary alicyclic amines) is 1. The summed E-state index contributed by atoms with van der Waals surface area (Å²) >= 11 is 0. The molecule has 0 bridgehead atoms. The van der Waals surface area contributed by atoms with Crippen molar-refractivity contribution < 1.29 is 14.0 Å². The van der Waals surface area contributed by atoms with Gasteiger partial charge in [0.05, 0.1) is 0 Å². The van der Waals surface area contributed by atoms with Crippen molar-refractivity contribution in [1.82, 2.24) is 15.8 Å². The molecule has 2 aliphatic rings. The SMILES string of the molecule is CC1NNC(C)C1CC(=O)N1CCCC1CC(=O)c1ccc(F)cc1. The fraction of sp³-hybridized carbons (Fsp3) is 0.579. The van der Waals surface area contributed by atoms with Crippen molar-refractivity contribution in [2.45, 2.75) is 57.7 Å². The van der Waals surface area contributed by atoms with E-state index in [1.54, 1.807) is 0 Å². The van der Waals surface area contributed by atoms with Crippen molar-refractivity contribution in [3.05, 3.63) is 35.6 Å². The van der Waals surface area contributed by atoms with E-state index < -0.39 is 0 Å². The largest absolute Gasteiger partial charge is 0.339 e. The van der Waals surface area contributed by atoms with E-state index >= 15 is 0 Å². The van der Waals surface area contributed by atoms with Crippen molar-refractivity contribution in [2.24, 2.45) is 5.92 Å². The van der Waals surface area contributed by atoms with Gasteiger partial charge in [0.1, 0.15) is 5.82 Å². The van der Waals surface area contributed by atoms with Crippen LogP contribution in [0.5, 0.6) is 0 Å². The lowest BCUT2D eigenvalue weighted by Gasteiger charge is -2.27. The number of ketones is 1. The van der Waals surface area contributed by atoms with Crippen molar-refractivity contribution in [3.8, 4) is 0 Å². The Morgan fingerprint density at radius 1 is 1.12 bits per heavy atom. The molecular formula is C19H26FN3O2. The Bertz CT molecular complexity index is 624. The minimum atomic E-state index is -0.351. The molecule has 1 aromatic carbocycles. The number of nitrogens with one attached hydrogen (secondary N) is 2. The topological polar surface area (TPSA) is 61.4 Å². The summed E-state index contributed by atoms with van der Waals surface area (Å²) in [5.41, 5.74) is 6.87. The molecule has 2 fully saturated rings. The van der Waals surface area contributed by atoms with Crippen molar-refractivity contribution in [3.63, 3.8) is 0 Å². The molecule has 6 heteroatoms. The van der Waals surface area contributed by atoms with Crippen LogP contribution in [-0.2, 0) is 4.79 Å². The van der Waals surface area contributed by atoms with Gasteiger partial charge in [0.25, 0.3) is 0 Å². The van der Waals surface area contributed by atoms with E-state index in [0.717, 1.165) is 19.4 Å². The number of benzene rings is 1. The molecule has 5 nitrogen and oxygen atoms in total. The quantitative estimate of drug-likeness (QED) is 0.802. The lowest BCUT2D eigenvalue weighted by molar-refractivity contribution is -0.133. The molecule has 1 aromatic rings. The molecule has 2 aliphatic heterocycles. The number of rotatable bonds is 5. The zero-order chi connectivity index (χ0) is 18.0. The van der Waals surface area contributed by atoms with Gasteiger partial charge in [-0.05, 0) is 51.0 Å². The Hall–Kier alpha value is -1.79. The monoisotopic (exact) mass is 347 g/mol. The molecule has 3 atom stereocenters. The molecule has 0 aromatic heterocycles. The van der Waals surface area contributed by atoms with Crippen LogP contribution in [0.3, 0.4) is 0 Å². The second kappa shape index (κ2) is 7.62. The summed E-state index contributed by atoms with van der Waals surface area (Å²) in [6, 6.07) is 6.08. The summed E-state index contributed by atoms with van der Waals surface area (Å²) in [6.07, 6.45) is 2.58. The van der Waals surface area contributed by atoms with E-state index in [1.807, 2.05) is 4.90 Å². The smallest absolute Gasteiger partial charge is 0.223 e. The minimum Gasteiger partial charge on any atom is -0.339 e. The van der Waals surface area contributed by atoms with Crippen molar-refractivity contribution in [2.75, 3.05) is 6.54 Å². The highest BCUT2D eigenvalue weighted by Crippen LogP contribution is 2.26. The molecule has 0 spiro atoms. The summed E-state index contributed by atoms with van der Waals surface area (Å²) in [5, 5.41) is 0. The van der Waals surface area contributed by atoms with Gasteiger partial charge in [0.2, 0.25) is 5.91 Å². The van der Waals surface area contributed by atoms with Crippen LogP contribution in [0.25, 0.3) is 0 Å².